The molecule has 0 aliphatic carbocycles. The minimum Gasteiger partial charge on any atom is -0.494 e. The molecule has 0 heterocycles. The number of hydrogen-bond donors (Lipinski definition) is 1. The molecule has 0 fully saturated rings. The average molecular weight is 250 g/mol. The molecular formula is C15H22O3. The van der Waals surface area contributed by atoms with Gasteiger partial charge in [0.25, 0.3) is 0 Å². The van der Waals surface area contributed by atoms with E-state index in [0.717, 1.165) is 18.6 Å². The lowest BCUT2D eigenvalue weighted by atomic mass is 9.83. The molecule has 1 aromatic rings. The Bertz CT molecular complexity index is 379. The van der Waals surface area contributed by atoms with Crippen molar-refractivity contribution in [2.45, 2.75) is 40.0 Å². The number of benzene rings is 1. The van der Waals surface area contributed by atoms with Gasteiger partial charge >= 0.3 is 5.97 Å². The topological polar surface area (TPSA) is 46.5 Å². The maximum absolute atomic E-state index is 10.7. The van der Waals surface area contributed by atoms with Crippen molar-refractivity contribution in [3.8, 4) is 5.75 Å². The molecule has 0 aromatic heterocycles. The minimum atomic E-state index is -0.730. The van der Waals surface area contributed by atoms with E-state index in [2.05, 4.69) is 0 Å². The van der Waals surface area contributed by atoms with E-state index in [4.69, 9.17) is 9.84 Å². The molecule has 0 saturated carbocycles. The van der Waals surface area contributed by atoms with Crippen LogP contribution in [0.25, 0.3) is 0 Å². The molecule has 3 nitrogen and oxygen atoms in total. The monoisotopic (exact) mass is 250 g/mol. The molecule has 1 rings (SSSR count). The van der Waals surface area contributed by atoms with E-state index in [9.17, 15) is 4.79 Å². The summed E-state index contributed by atoms with van der Waals surface area (Å²) in [5, 5.41) is 8.83. The standard InChI is InChI=1S/C15H22O3/c1-4-18-13-7-5-12(6-8-13)9-10-15(2,3)11-14(16)17/h5-8H,4,9-11H2,1-3H3,(H,16,17). The van der Waals surface area contributed by atoms with Crippen LogP contribution in [-0.4, -0.2) is 17.7 Å². The van der Waals surface area contributed by atoms with E-state index < -0.39 is 5.97 Å². The van der Waals surface area contributed by atoms with Gasteiger partial charge in [-0.25, -0.2) is 0 Å². The highest BCUT2D eigenvalue weighted by Crippen LogP contribution is 2.27. The third-order valence-corrected chi connectivity index (χ3v) is 2.95. The van der Waals surface area contributed by atoms with Gasteiger partial charge in [0.2, 0.25) is 0 Å². The molecule has 0 radical (unpaired) electrons. The molecule has 1 N–H and O–H groups in total. The zero-order chi connectivity index (χ0) is 13.6. The molecule has 0 aliphatic heterocycles. The maximum atomic E-state index is 10.7. The summed E-state index contributed by atoms with van der Waals surface area (Å²) in [4.78, 5) is 10.7. The van der Waals surface area contributed by atoms with Crippen LogP contribution >= 0.6 is 0 Å². The number of aliphatic carboxylic acids is 1. The number of carboxylic acids is 1. The Balaban J connectivity index is 2.50. The zero-order valence-electron chi connectivity index (χ0n) is 11.4. The average Bonchev–Trinajstić information content (AvgIpc) is 2.27. The second-order valence-electron chi connectivity index (χ2n) is 5.31. The van der Waals surface area contributed by atoms with E-state index in [0.29, 0.717) is 6.61 Å². The Hall–Kier alpha value is -1.51. The smallest absolute Gasteiger partial charge is 0.303 e. The molecule has 100 valence electrons. The molecular weight excluding hydrogens is 228 g/mol. The van der Waals surface area contributed by atoms with Gasteiger partial charge in [0.1, 0.15) is 5.75 Å². The van der Waals surface area contributed by atoms with Crippen molar-refractivity contribution >= 4 is 5.97 Å². The number of carboxylic acid groups (broad SMARTS) is 1. The van der Waals surface area contributed by atoms with Crippen molar-refractivity contribution in [3.05, 3.63) is 29.8 Å². The van der Waals surface area contributed by atoms with Gasteiger partial charge in [-0.15, -0.1) is 0 Å². The van der Waals surface area contributed by atoms with Crippen LogP contribution < -0.4 is 4.74 Å². The fraction of sp³-hybridized carbons (Fsp3) is 0.533. The molecule has 18 heavy (non-hydrogen) atoms. The predicted octanol–water partition coefficient (Wildman–Crippen LogP) is 3.52. The van der Waals surface area contributed by atoms with Crippen molar-refractivity contribution in [2.24, 2.45) is 5.41 Å². The Kier molecular flexibility index (Phi) is 5.20. The third kappa shape index (κ3) is 5.21. The normalized spacial score (nSPS) is 11.3. The molecule has 3 heteroatoms. The van der Waals surface area contributed by atoms with E-state index in [1.54, 1.807) is 0 Å². The second kappa shape index (κ2) is 6.43. The summed E-state index contributed by atoms with van der Waals surface area (Å²) < 4.78 is 5.38. The summed E-state index contributed by atoms with van der Waals surface area (Å²) in [5.41, 5.74) is 1.06. The summed E-state index contributed by atoms with van der Waals surface area (Å²) in [6.07, 6.45) is 1.98. The van der Waals surface area contributed by atoms with Crippen molar-refractivity contribution in [2.75, 3.05) is 6.61 Å². The molecule has 0 amide bonds. The fourth-order valence-electron chi connectivity index (χ4n) is 1.90. The Morgan fingerprint density at radius 3 is 2.39 bits per heavy atom. The quantitative estimate of drug-likeness (QED) is 0.805. The zero-order valence-corrected chi connectivity index (χ0v) is 11.4. The highest BCUT2D eigenvalue weighted by atomic mass is 16.5. The van der Waals surface area contributed by atoms with Crippen LogP contribution in [0.4, 0.5) is 0 Å². The largest absolute Gasteiger partial charge is 0.494 e. The fourth-order valence-corrected chi connectivity index (χ4v) is 1.90. The van der Waals surface area contributed by atoms with Crippen LogP contribution in [0.15, 0.2) is 24.3 Å². The van der Waals surface area contributed by atoms with Gasteiger partial charge in [0.05, 0.1) is 13.0 Å². The van der Waals surface area contributed by atoms with Crippen molar-refractivity contribution in [1.29, 1.82) is 0 Å². The van der Waals surface area contributed by atoms with Crippen LogP contribution in [0.3, 0.4) is 0 Å². The Labute approximate surface area is 109 Å². The SMILES string of the molecule is CCOc1ccc(CCC(C)(C)CC(=O)O)cc1. The molecule has 0 unspecified atom stereocenters. The lowest BCUT2D eigenvalue weighted by Gasteiger charge is -2.22. The second-order valence-corrected chi connectivity index (χ2v) is 5.31. The van der Waals surface area contributed by atoms with Crippen molar-refractivity contribution < 1.29 is 14.6 Å². The first-order chi connectivity index (χ1) is 8.43. The van der Waals surface area contributed by atoms with E-state index >= 15 is 0 Å². The van der Waals surface area contributed by atoms with Gasteiger partial charge < -0.3 is 9.84 Å². The number of hydrogen-bond acceptors (Lipinski definition) is 2. The van der Waals surface area contributed by atoms with Crippen molar-refractivity contribution in [1.82, 2.24) is 0 Å². The molecule has 0 atom stereocenters. The first kappa shape index (κ1) is 14.6. The summed E-state index contributed by atoms with van der Waals surface area (Å²) in [5.74, 6) is 0.151. The van der Waals surface area contributed by atoms with Gasteiger partial charge in [-0.1, -0.05) is 26.0 Å². The first-order valence-corrected chi connectivity index (χ1v) is 6.36. The molecule has 0 saturated heterocycles. The summed E-state index contributed by atoms with van der Waals surface area (Å²) in [7, 11) is 0. The summed E-state index contributed by atoms with van der Waals surface area (Å²) in [6, 6.07) is 8.01. The lowest BCUT2D eigenvalue weighted by Crippen LogP contribution is -2.17. The van der Waals surface area contributed by atoms with E-state index in [1.165, 1.54) is 5.56 Å². The maximum Gasteiger partial charge on any atom is 0.303 e. The van der Waals surface area contributed by atoms with Crippen LogP contribution in [0.5, 0.6) is 5.75 Å². The lowest BCUT2D eigenvalue weighted by molar-refractivity contribution is -0.139. The predicted molar refractivity (Wildman–Crippen MR) is 72.0 cm³/mol. The Morgan fingerprint density at radius 1 is 1.28 bits per heavy atom. The van der Waals surface area contributed by atoms with Crippen molar-refractivity contribution in [3.63, 3.8) is 0 Å². The third-order valence-electron chi connectivity index (χ3n) is 2.95. The number of aryl methyl sites for hydroxylation is 1. The van der Waals surface area contributed by atoms with E-state index in [-0.39, 0.29) is 11.8 Å². The van der Waals surface area contributed by atoms with Gasteiger partial charge in [-0.05, 0) is 42.9 Å². The molecule has 0 aliphatic rings. The van der Waals surface area contributed by atoms with Crippen LogP contribution in [0.1, 0.15) is 39.2 Å². The highest BCUT2D eigenvalue weighted by molar-refractivity contribution is 5.67. The van der Waals surface area contributed by atoms with Crippen LogP contribution in [0, 0.1) is 5.41 Å². The van der Waals surface area contributed by atoms with Crippen LogP contribution in [-0.2, 0) is 11.2 Å². The number of rotatable bonds is 7. The Morgan fingerprint density at radius 2 is 1.89 bits per heavy atom. The molecule has 0 bridgehead atoms. The summed E-state index contributed by atoms with van der Waals surface area (Å²) >= 11 is 0. The van der Waals surface area contributed by atoms with Gasteiger partial charge in [-0.2, -0.15) is 0 Å². The van der Waals surface area contributed by atoms with Gasteiger partial charge in [0, 0.05) is 0 Å². The number of ether oxygens (including phenoxy) is 1. The highest BCUT2D eigenvalue weighted by Gasteiger charge is 2.21. The minimum absolute atomic E-state index is 0.162. The number of carbonyl (C=O) groups is 1. The first-order valence-electron chi connectivity index (χ1n) is 6.36. The van der Waals surface area contributed by atoms with Gasteiger partial charge in [-0.3, -0.25) is 4.79 Å². The molecule has 0 spiro atoms. The van der Waals surface area contributed by atoms with Crippen LogP contribution in [0.2, 0.25) is 0 Å². The summed E-state index contributed by atoms with van der Waals surface area (Å²) in [6.45, 7) is 6.62. The van der Waals surface area contributed by atoms with Gasteiger partial charge in [0.15, 0.2) is 0 Å². The van der Waals surface area contributed by atoms with E-state index in [1.807, 2.05) is 45.0 Å². The molecule has 1 aromatic carbocycles.